The van der Waals surface area contributed by atoms with Gasteiger partial charge in [0.1, 0.15) is 5.75 Å². The minimum absolute atomic E-state index is 0.126. The molecule has 1 amide bonds. The quantitative estimate of drug-likeness (QED) is 0.847. The molecule has 132 valence electrons. The summed E-state index contributed by atoms with van der Waals surface area (Å²) in [6.45, 7) is 2.62. The van der Waals surface area contributed by atoms with Crippen LogP contribution in [0.3, 0.4) is 0 Å². The van der Waals surface area contributed by atoms with Crippen molar-refractivity contribution < 1.29 is 9.53 Å². The lowest BCUT2D eigenvalue weighted by Crippen LogP contribution is -2.26. The van der Waals surface area contributed by atoms with Crippen molar-refractivity contribution in [3.05, 3.63) is 65.2 Å². The number of rotatable bonds is 6. The molecular weight excluding hydrogens is 310 g/mol. The molecular formula is C22H27NO2. The zero-order valence-corrected chi connectivity index (χ0v) is 15.1. The number of methoxy groups -OCH3 is 1. The van der Waals surface area contributed by atoms with Crippen LogP contribution in [-0.2, 0) is 11.2 Å². The summed E-state index contributed by atoms with van der Waals surface area (Å²) in [5, 5.41) is 3.02. The van der Waals surface area contributed by atoms with Crippen molar-refractivity contribution in [1.29, 1.82) is 0 Å². The number of carbonyl (C=O) groups excluding carboxylic acids is 1. The van der Waals surface area contributed by atoms with Crippen LogP contribution in [0.4, 0.5) is 0 Å². The van der Waals surface area contributed by atoms with Crippen molar-refractivity contribution >= 4 is 5.91 Å². The molecule has 0 spiro atoms. The van der Waals surface area contributed by atoms with Gasteiger partial charge in [-0.05, 0) is 59.9 Å². The molecule has 0 radical (unpaired) electrons. The van der Waals surface area contributed by atoms with Crippen LogP contribution in [0.15, 0.2) is 48.5 Å². The lowest BCUT2D eigenvalue weighted by Gasteiger charge is -2.32. The highest BCUT2D eigenvalue weighted by Crippen LogP contribution is 2.42. The second-order valence-electron chi connectivity index (χ2n) is 6.80. The summed E-state index contributed by atoms with van der Waals surface area (Å²) < 4.78 is 5.43. The highest BCUT2D eigenvalue weighted by molar-refractivity contribution is 5.75. The van der Waals surface area contributed by atoms with Gasteiger partial charge in [0.15, 0.2) is 0 Å². The second-order valence-corrected chi connectivity index (χ2v) is 6.80. The first-order valence-corrected chi connectivity index (χ1v) is 9.19. The summed E-state index contributed by atoms with van der Waals surface area (Å²) in [7, 11) is 1.72. The van der Waals surface area contributed by atoms with Gasteiger partial charge in [0.2, 0.25) is 5.91 Å². The van der Waals surface area contributed by atoms with Gasteiger partial charge in [0.25, 0.3) is 0 Å². The Bertz CT molecular complexity index is 711. The molecule has 0 heterocycles. The van der Waals surface area contributed by atoms with Gasteiger partial charge >= 0.3 is 0 Å². The number of benzene rings is 2. The Hall–Kier alpha value is -2.29. The molecule has 1 aliphatic rings. The number of ether oxygens (including phenoxy) is 1. The highest BCUT2D eigenvalue weighted by Gasteiger charge is 2.28. The standard InChI is InChI=1S/C22H27NO2/c1-3-22(24)23-12-11-18-14-19(16-7-5-4-6-8-16)13-17-9-10-20(25-2)15-21(17)18/h4-10,15,18-19H,3,11-14H2,1-2H3,(H,23,24). The van der Waals surface area contributed by atoms with E-state index in [1.165, 1.54) is 16.7 Å². The fourth-order valence-electron chi connectivity index (χ4n) is 3.85. The number of hydrogen-bond donors (Lipinski definition) is 1. The molecule has 3 nitrogen and oxygen atoms in total. The molecule has 0 saturated heterocycles. The Morgan fingerprint density at radius 1 is 1.20 bits per heavy atom. The molecule has 2 aromatic rings. The maximum atomic E-state index is 11.6. The molecule has 2 aromatic carbocycles. The average Bonchev–Trinajstić information content (AvgIpc) is 2.67. The molecule has 0 saturated carbocycles. The first-order chi connectivity index (χ1) is 12.2. The summed E-state index contributed by atoms with van der Waals surface area (Å²) >= 11 is 0. The van der Waals surface area contributed by atoms with Gasteiger partial charge in [-0.15, -0.1) is 0 Å². The molecule has 3 heteroatoms. The van der Waals surface area contributed by atoms with E-state index in [9.17, 15) is 4.79 Å². The predicted octanol–water partition coefficient (Wildman–Crippen LogP) is 4.43. The SMILES string of the molecule is CCC(=O)NCCC1CC(c2ccccc2)Cc2ccc(OC)cc21. The van der Waals surface area contributed by atoms with E-state index in [4.69, 9.17) is 4.74 Å². The third-order valence-corrected chi connectivity index (χ3v) is 5.24. The van der Waals surface area contributed by atoms with E-state index in [0.717, 1.165) is 31.6 Å². The molecule has 2 atom stereocenters. The number of nitrogens with one attached hydrogen (secondary N) is 1. The number of amides is 1. The van der Waals surface area contributed by atoms with Crippen molar-refractivity contribution in [2.75, 3.05) is 13.7 Å². The van der Waals surface area contributed by atoms with Crippen LogP contribution in [0.2, 0.25) is 0 Å². The molecule has 0 fully saturated rings. The fourth-order valence-corrected chi connectivity index (χ4v) is 3.85. The van der Waals surface area contributed by atoms with Crippen molar-refractivity contribution in [2.45, 2.75) is 44.4 Å². The lowest BCUT2D eigenvalue weighted by molar-refractivity contribution is -0.120. The third-order valence-electron chi connectivity index (χ3n) is 5.24. The largest absolute Gasteiger partial charge is 0.497 e. The summed E-state index contributed by atoms with van der Waals surface area (Å²) in [4.78, 5) is 11.6. The van der Waals surface area contributed by atoms with Crippen LogP contribution in [0, 0.1) is 0 Å². The van der Waals surface area contributed by atoms with Crippen molar-refractivity contribution in [1.82, 2.24) is 5.32 Å². The normalized spacial score (nSPS) is 19.1. The summed E-state index contributed by atoms with van der Waals surface area (Å²) in [5.41, 5.74) is 4.21. The van der Waals surface area contributed by atoms with E-state index in [1.54, 1.807) is 7.11 Å². The Morgan fingerprint density at radius 3 is 2.72 bits per heavy atom. The number of hydrogen-bond acceptors (Lipinski definition) is 2. The first kappa shape index (κ1) is 17.5. The monoisotopic (exact) mass is 337 g/mol. The van der Waals surface area contributed by atoms with Crippen molar-refractivity contribution in [3.63, 3.8) is 0 Å². The Morgan fingerprint density at radius 2 is 2.00 bits per heavy atom. The first-order valence-electron chi connectivity index (χ1n) is 9.19. The minimum Gasteiger partial charge on any atom is -0.497 e. The van der Waals surface area contributed by atoms with E-state index in [-0.39, 0.29) is 5.91 Å². The zero-order valence-electron chi connectivity index (χ0n) is 15.1. The van der Waals surface area contributed by atoms with Gasteiger partial charge in [-0.2, -0.15) is 0 Å². The Labute approximate surface area is 150 Å². The topological polar surface area (TPSA) is 38.3 Å². The summed E-state index contributed by atoms with van der Waals surface area (Å²) in [6.07, 6.45) is 3.70. The van der Waals surface area contributed by atoms with E-state index < -0.39 is 0 Å². The maximum absolute atomic E-state index is 11.6. The van der Waals surface area contributed by atoms with Crippen LogP contribution < -0.4 is 10.1 Å². The van der Waals surface area contributed by atoms with E-state index >= 15 is 0 Å². The molecule has 3 rings (SSSR count). The second kappa shape index (κ2) is 8.19. The summed E-state index contributed by atoms with van der Waals surface area (Å²) in [5.74, 6) is 2.02. The Balaban J connectivity index is 1.82. The molecule has 25 heavy (non-hydrogen) atoms. The van der Waals surface area contributed by atoms with E-state index in [2.05, 4.69) is 53.8 Å². The predicted molar refractivity (Wildman–Crippen MR) is 101 cm³/mol. The van der Waals surface area contributed by atoms with Gasteiger partial charge in [-0.3, -0.25) is 4.79 Å². The average molecular weight is 337 g/mol. The van der Waals surface area contributed by atoms with Crippen LogP contribution in [-0.4, -0.2) is 19.6 Å². The number of fused-ring (bicyclic) bond motifs is 1. The third kappa shape index (κ3) is 4.22. The van der Waals surface area contributed by atoms with Crippen LogP contribution >= 0.6 is 0 Å². The van der Waals surface area contributed by atoms with E-state index in [1.807, 2.05) is 6.92 Å². The van der Waals surface area contributed by atoms with Gasteiger partial charge in [-0.1, -0.05) is 43.3 Å². The highest BCUT2D eigenvalue weighted by atomic mass is 16.5. The smallest absolute Gasteiger partial charge is 0.219 e. The van der Waals surface area contributed by atoms with Gasteiger partial charge in [0.05, 0.1) is 7.11 Å². The molecule has 2 unspecified atom stereocenters. The number of carbonyl (C=O) groups is 1. The van der Waals surface area contributed by atoms with Crippen LogP contribution in [0.25, 0.3) is 0 Å². The van der Waals surface area contributed by atoms with E-state index in [0.29, 0.717) is 18.3 Å². The molecule has 0 bridgehead atoms. The Kier molecular flexibility index (Phi) is 5.75. The summed E-state index contributed by atoms with van der Waals surface area (Å²) in [6, 6.07) is 17.2. The molecule has 0 aromatic heterocycles. The van der Waals surface area contributed by atoms with Crippen LogP contribution in [0.5, 0.6) is 5.75 Å². The minimum atomic E-state index is 0.126. The van der Waals surface area contributed by atoms with Crippen molar-refractivity contribution in [2.24, 2.45) is 0 Å². The molecule has 1 N–H and O–H groups in total. The van der Waals surface area contributed by atoms with Crippen LogP contribution in [0.1, 0.15) is 54.7 Å². The van der Waals surface area contributed by atoms with Gasteiger partial charge < -0.3 is 10.1 Å². The molecule has 1 aliphatic carbocycles. The molecule has 0 aliphatic heterocycles. The van der Waals surface area contributed by atoms with Gasteiger partial charge in [0, 0.05) is 13.0 Å². The zero-order chi connectivity index (χ0) is 17.6. The van der Waals surface area contributed by atoms with Crippen molar-refractivity contribution in [3.8, 4) is 5.75 Å². The fraction of sp³-hybridized carbons (Fsp3) is 0.409. The lowest BCUT2D eigenvalue weighted by atomic mass is 9.73. The van der Waals surface area contributed by atoms with Gasteiger partial charge in [-0.25, -0.2) is 0 Å². The maximum Gasteiger partial charge on any atom is 0.219 e.